The van der Waals surface area contributed by atoms with E-state index in [-0.39, 0.29) is 11.8 Å². The van der Waals surface area contributed by atoms with Crippen molar-refractivity contribution in [3.63, 3.8) is 0 Å². The molecule has 1 unspecified atom stereocenters. The van der Waals surface area contributed by atoms with Crippen LogP contribution in [0.1, 0.15) is 35.7 Å². The molecule has 1 aromatic rings. The fourth-order valence-corrected chi connectivity index (χ4v) is 2.35. The normalized spacial score (nSPS) is 17.6. The summed E-state index contributed by atoms with van der Waals surface area (Å²) >= 11 is 0. The van der Waals surface area contributed by atoms with E-state index in [0.29, 0.717) is 12.0 Å². The molecule has 1 aliphatic heterocycles. The highest BCUT2D eigenvalue weighted by atomic mass is 16.2. The van der Waals surface area contributed by atoms with Crippen molar-refractivity contribution in [2.45, 2.75) is 32.2 Å². The number of unbranched alkanes of at least 4 members (excludes halogenated alkanes) is 1. The van der Waals surface area contributed by atoms with Gasteiger partial charge in [-0.25, -0.2) is 0 Å². The van der Waals surface area contributed by atoms with E-state index in [9.17, 15) is 9.59 Å². The monoisotopic (exact) mass is 260 g/mol. The molecule has 0 aromatic heterocycles. The fraction of sp³-hybridized carbons (Fsp3) is 0.467. The van der Waals surface area contributed by atoms with E-state index >= 15 is 0 Å². The Balaban J connectivity index is 2.08. The first-order chi connectivity index (χ1) is 9.13. The number of hydrogen-bond acceptors (Lipinski definition) is 2. The SMILES string of the molecule is CCCCN(C)C(=O)C1Cc2ccccc2C(=O)N1. The molecule has 1 aromatic carbocycles. The van der Waals surface area contributed by atoms with Crippen molar-refractivity contribution in [3.8, 4) is 0 Å². The van der Waals surface area contributed by atoms with Crippen molar-refractivity contribution >= 4 is 11.8 Å². The number of hydrogen-bond donors (Lipinski definition) is 1. The topological polar surface area (TPSA) is 49.4 Å². The third-order valence-corrected chi connectivity index (χ3v) is 3.51. The number of rotatable bonds is 4. The molecule has 0 fully saturated rings. The first-order valence-electron chi connectivity index (χ1n) is 6.77. The maximum absolute atomic E-state index is 12.3. The lowest BCUT2D eigenvalue weighted by molar-refractivity contribution is -0.132. The van der Waals surface area contributed by atoms with Gasteiger partial charge in [0.25, 0.3) is 5.91 Å². The number of benzene rings is 1. The molecule has 1 aliphatic rings. The van der Waals surface area contributed by atoms with Crippen LogP contribution in [0.2, 0.25) is 0 Å². The van der Waals surface area contributed by atoms with E-state index in [1.54, 1.807) is 18.0 Å². The number of nitrogens with zero attached hydrogens (tertiary/aromatic N) is 1. The van der Waals surface area contributed by atoms with E-state index in [2.05, 4.69) is 12.2 Å². The number of likely N-dealkylation sites (N-methyl/N-ethyl adjacent to an activating group) is 1. The summed E-state index contributed by atoms with van der Waals surface area (Å²) in [5, 5.41) is 2.80. The standard InChI is InChI=1S/C15H20N2O2/c1-3-4-9-17(2)15(19)13-10-11-7-5-6-8-12(11)14(18)16-13/h5-8,13H,3-4,9-10H2,1-2H3,(H,16,18). The molecule has 4 nitrogen and oxygen atoms in total. The van der Waals surface area contributed by atoms with E-state index in [4.69, 9.17) is 0 Å². The van der Waals surface area contributed by atoms with Crippen LogP contribution in [0.4, 0.5) is 0 Å². The lowest BCUT2D eigenvalue weighted by Crippen LogP contribution is -2.51. The van der Waals surface area contributed by atoms with Crippen LogP contribution < -0.4 is 5.32 Å². The molecule has 2 rings (SSSR count). The summed E-state index contributed by atoms with van der Waals surface area (Å²) in [5.74, 6) is -0.152. The molecule has 0 saturated carbocycles. The molecule has 0 saturated heterocycles. The quantitative estimate of drug-likeness (QED) is 0.894. The van der Waals surface area contributed by atoms with Crippen molar-refractivity contribution in [2.24, 2.45) is 0 Å². The maximum Gasteiger partial charge on any atom is 0.252 e. The van der Waals surface area contributed by atoms with Crippen molar-refractivity contribution < 1.29 is 9.59 Å². The predicted molar refractivity (Wildman–Crippen MR) is 73.9 cm³/mol. The summed E-state index contributed by atoms with van der Waals surface area (Å²) in [7, 11) is 1.80. The van der Waals surface area contributed by atoms with E-state index in [1.807, 2.05) is 18.2 Å². The number of nitrogens with one attached hydrogen (secondary N) is 1. The number of carbonyl (C=O) groups excluding carboxylic acids is 2. The summed E-state index contributed by atoms with van der Waals surface area (Å²) in [6, 6.07) is 7.03. The molecule has 0 bridgehead atoms. The van der Waals surface area contributed by atoms with E-state index in [1.165, 1.54) is 0 Å². The highest BCUT2D eigenvalue weighted by Gasteiger charge is 2.30. The summed E-state index contributed by atoms with van der Waals surface area (Å²) < 4.78 is 0. The van der Waals surface area contributed by atoms with Gasteiger partial charge in [0.15, 0.2) is 0 Å². The molecule has 0 radical (unpaired) electrons. The predicted octanol–water partition coefficient (Wildman–Crippen LogP) is 1.60. The Kier molecular flexibility index (Phi) is 4.20. The highest BCUT2D eigenvalue weighted by molar-refractivity contribution is 6.00. The van der Waals surface area contributed by atoms with Gasteiger partial charge in [-0.1, -0.05) is 31.5 Å². The van der Waals surface area contributed by atoms with Crippen LogP contribution in [-0.2, 0) is 11.2 Å². The molecule has 0 aliphatic carbocycles. The van der Waals surface area contributed by atoms with Crippen LogP contribution in [0.5, 0.6) is 0 Å². The van der Waals surface area contributed by atoms with Gasteiger partial charge >= 0.3 is 0 Å². The Hall–Kier alpha value is -1.84. The Morgan fingerprint density at radius 1 is 1.42 bits per heavy atom. The third-order valence-electron chi connectivity index (χ3n) is 3.51. The van der Waals surface area contributed by atoms with Crippen molar-refractivity contribution in [1.82, 2.24) is 10.2 Å². The largest absolute Gasteiger partial charge is 0.344 e. The van der Waals surface area contributed by atoms with Gasteiger partial charge < -0.3 is 10.2 Å². The number of amides is 2. The Labute approximate surface area is 113 Å². The van der Waals surface area contributed by atoms with Crippen molar-refractivity contribution in [2.75, 3.05) is 13.6 Å². The molecule has 1 N–H and O–H groups in total. The van der Waals surface area contributed by atoms with Gasteiger partial charge in [-0.15, -0.1) is 0 Å². The zero-order valence-corrected chi connectivity index (χ0v) is 11.5. The Morgan fingerprint density at radius 2 is 2.16 bits per heavy atom. The second kappa shape index (κ2) is 5.87. The zero-order valence-electron chi connectivity index (χ0n) is 11.5. The minimum atomic E-state index is -0.427. The molecular formula is C15H20N2O2. The average Bonchev–Trinajstić information content (AvgIpc) is 2.43. The van der Waals surface area contributed by atoms with E-state index in [0.717, 1.165) is 24.9 Å². The van der Waals surface area contributed by atoms with Gasteiger partial charge in [0.05, 0.1) is 0 Å². The Morgan fingerprint density at radius 3 is 2.89 bits per heavy atom. The van der Waals surface area contributed by atoms with Crippen LogP contribution in [0.15, 0.2) is 24.3 Å². The van der Waals surface area contributed by atoms with Crippen molar-refractivity contribution in [1.29, 1.82) is 0 Å². The van der Waals surface area contributed by atoms with Gasteiger partial charge in [-0.3, -0.25) is 9.59 Å². The summed E-state index contributed by atoms with van der Waals surface area (Å²) in [6.45, 7) is 2.83. The van der Waals surface area contributed by atoms with Gasteiger partial charge in [-0.05, 0) is 18.1 Å². The van der Waals surface area contributed by atoms with Gasteiger partial charge in [0.1, 0.15) is 6.04 Å². The third kappa shape index (κ3) is 2.95. The lowest BCUT2D eigenvalue weighted by atomic mass is 9.94. The molecule has 0 spiro atoms. The number of carbonyl (C=O) groups is 2. The van der Waals surface area contributed by atoms with Gasteiger partial charge in [-0.2, -0.15) is 0 Å². The highest BCUT2D eigenvalue weighted by Crippen LogP contribution is 2.17. The van der Waals surface area contributed by atoms with Gasteiger partial charge in [0.2, 0.25) is 5.91 Å². The van der Waals surface area contributed by atoms with E-state index < -0.39 is 6.04 Å². The minimum Gasteiger partial charge on any atom is -0.344 e. The molecule has 1 atom stereocenters. The van der Waals surface area contributed by atoms with Gasteiger partial charge in [0, 0.05) is 25.6 Å². The fourth-order valence-electron chi connectivity index (χ4n) is 2.35. The first kappa shape index (κ1) is 13.6. The molecule has 102 valence electrons. The van der Waals surface area contributed by atoms with Crippen LogP contribution >= 0.6 is 0 Å². The summed E-state index contributed by atoms with van der Waals surface area (Å²) in [5.41, 5.74) is 1.64. The minimum absolute atomic E-state index is 0.00342. The van der Waals surface area contributed by atoms with Crippen LogP contribution in [0.3, 0.4) is 0 Å². The lowest BCUT2D eigenvalue weighted by Gasteiger charge is -2.28. The second-order valence-electron chi connectivity index (χ2n) is 5.00. The smallest absolute Gasteiger partial charge is 0.252 e. The number of fused-ring (bicyclic) bond motifs is 1. The molecule has 4 heteroatoms. The summed E-state index contributed by atoms with van der Waals surface area (Å²) in [4.78, 5) is 25.9. The Bertz CT molecular complexity index is 485. The van der Waals surface area contributed by atoms with Crippen LogP contribution in [0.25, 0.3) is 0 Å². The molecule has 2 amide bonds. The maximum atomic E-state index is 12.3. The van der Waals surface area contributed by atoms with Crippen LogP contribution in [-0.4, -0.2) is 36.3 Å². The van der Waals surface area contributed by atoms with Crippen LogP contribution in [0, 0.1) is 0 Å². The average molecular weight is 260 g/mol. The zero-order chi connectivity index (χ0) is 13.8. The molecular weight excluding hydrogens is 240 g/mol. The molecule has 19 heavy (non-hydrogen) atoms. The molecule has 1 heterocycles. The first-order valence-corrected chi connectivity index (χ1v) is 6.77. The second-order valence-corrected chi connectivity index (χ2v) is 5.00. The summed E-state index contributed by atoms with van der Waals surface area (Å²) in [6.07, 6.45) is 2.62. The van der Waals surface area contributed by atoms with Crippen molar-refractivity contribution in [3.05, 3.63) is 35.4 Å².